The number of allylic oxidation sites excluding steroid dienone is 2. The van der Waals surface area contributed by atoms with Crippen LogP contribution in [0, 0.1) is 31.6 Å². The molecule has 0 spiro atoms. The molecule has 1 saturated carbocycles. The second-order valence-corrected chi connectivity index (χ2v) is 11.7. The zero-order chi connectivity index (χ0) is 29.9. The highest BCUT2D eigenvalue weighted by atomic mass is 19.1. The molecule has 1 fully saturated rings. The first-order valence-corrected chi connectivity index (χ1v) is 15.6. The number of halogens is 1. The van der Waals surface area contributed by atoms with Gasteiger partial charge in [0.15, 0.2) is 5.78 Å². The average molecular weight is 572 g/mol. The van der Waals surface area contributed by atoms with Gasteiger partial charge in [-0.2, -0.15) is 4.39 Å². The SMILES string of the molecule is CCOc1ccc(N(Cc2cccnc2)C2CCCCC([C@H](C)CC/C=C/C(=O)c3c(C)cc(F)nc3C)CC2)cc1. The number of pyridine rings is 2. The van der Waals surface area contributed by atoms with E-state index >= 15 is 0 Å². The molecule has 2 heterocycles. The number of ether oxygens (including phenoxy) is 1. The lowest BCUT2D eigenvalue weighted by atomic mass is 9.79. The van der Waals surface area contributed by atoms with E-state index in [1.54, 1.807) is 19.9 Å². The van der Waals surface area contributed by atoms with Crippen molar-refractivity contribution >= 4 is 11.5 Å². The molecule has 0 radical (unpaired) electrons. The van der Waals surface area contributed by atoms with E-state index in [9.17, 15) is 9.18 Å². The molecule has 42 heavy (non-hydrogen) atoms. The first-order valence-electron chi connectivity index (χ1n) is 15.6. The van der Waals surface area contributed by atoms with E-state index < -0.39 is 5.95 Å². The molecule has 1 aliphatic carbocycles. The summed E-state index contributed by atoms with van der Waals surface area (Å²) in [4.78, 5) is 23.5. The van der Waals surface area contributed by atoms with Crippen LogP contribution >= 0.6 is 0 Å². The van der Waals surface area contributed by atoms with Gasteiger partial charge < -0.3 is 9.64 Å². The Bertz CT molecular complexity index is 1290. The van der Waals surface area contributed by atoms with Gasteiger partial charge in [-0.25, -0.2) is 4.98 Å². The molecule has 0 bridgehead atoms. The topological polar surface area (TPSA) is 55.3 Å². The van der Waals surface area contributed by atoms with Gasteiger partial charge in [0.2, 0.25) is 5.95 Å². The minimum absolute atomic E-state index is 0.0954. The van der Waals surface area contributed by atoms with Crippen LogP contribution in [-0.4, -0.2) is 28.4 Å². The number of hydrogen-bond donors (Lipinski definition) is 0. The van der Waals surface area contributed by atoms with Gasteiger partial charge in [0.25, 0.3) is 0 Å². The summed E-state index contributed by atoms with van der Waals surface area (Å²) >= 11 is 0. The summed E-state index contributed by atoms with van der Waals surface area (Å²) in [5.41, 5.74) is 4.04. The van der Waals surface area contributed by atoms with Crippen molar-refractivity contribution in [2.75, 3.05) is 11.5 Å². The quantitative estimate of drug-likeness (QED) is 0.123. The smallest absolute Gasteiger partial charge is 0.213 e. The number of anilines is 1. The maximum atomic E-state index is 13.5. The van der Waals surface area contributed by atoms with Crippen LogP contribution in [0.25, 0.3) is 0 Å². The summed E-state index contributed by atoms with van der Waals surface area (Å²) in [6, 6.07) is 14.5. The van der Waals surface area contributed by atoms with Crippen molar-refractivity contribution in [3.8, 4) is 5.75 Å². The Morgan fingerprint density at radius 1 is 1.12 bits per heavy atom. The summed E-state index contributed by atoms with van der Waals surface area (Å²) in [5.74, 6) is 1.52. The fourth-order valence-corrected chi connectivity index (χ4v) is 6.41. The van der Waals surface area contributed by atoms with Crippen LogP contribution in [0.1, 0.15) is 92.4 Å². The molecule has 6 heteroatoms. The fraction of sp³-hybridized carbons (Fsp3) is 0.472. The van der Waals surface area contributed by atoms with Crippen LogP contribution in [0.4, 0.5) is 10.1 Å². The molecule has 5 nitrogen and oxygen atoms in total. The van der Waals surface area contributed by atoms with Gasteiger partial charge in [-0.15, -0.1) is 0 Å². The van der Waals surface area contributed by atoms with Crippen LogP contribution < -0.4 is 9.64 Å². The number of rotatable bonds is 12. The Balaban J connectivity index is 1.38. The van der Waals surface area contributed by atoms with Crippen molar-refractivity contribution < 1.29 is 13.9 Å². The number of hydrogen-bond acceptors (Lipinski definition) is 5. The van der Waals surface area contributed by atoms with Crippen molar-refractivity contribution in [2.24, 2.45) is 11.8 Å². The van der Waals surface area contributed by atoms with Crippen LogP contribution in [0.15, 0.2) is 67.0 Å². The van der Waals surface area contributed by atoms with Gasteiger partial charge in [0, 0.05) is 36.2 Å². The van der Waals surface area contributed by atoms with Crippen molar-refractivity contribution in [3.05, 3.63) is 95.3 Å². The van der Waals surface area contributed by atoms with E-state index in [0.717, 1.165) is 31.6 Å². The lowest BCUT2D eigenvalue weighted by molar-refractivity contribution is 0.104. The molecule has 2 unspecified atom stereocenters. The van der Waals surface area contributed by atoms with E-state index in [1.807, 2.05) is 31.5 Å². The number of benzene rings is 1. The molecular formula is C36H46FN3O2. The summed E-state index contributed by atoms with van der Waals surface area (Å²) in [5, 5.41) is 0. The third-order valence-corrected chi connectivity index (χ3v) is 8.70. The van der Waals surface area contributed by atoms with E-state index in [4.69, 9.17) is 4.74 Å². The van der Waals surface area contributed by atoms with Gasteiger partial charge in [-0.3, -0.25) is 9.78 Å². The first-order chi connectivity index (χ1) is 20.4. The van der Waals surface area contributed by atoms with E-state index in [0.29, 0.717) is 41.3 Å². The predicted molar refractivity (Wildman–Crippen MR) is 169 cm³/mol. The zero-order valence-corrected chi connectivity index (χ0v) is 25.7. The lowest BCUT2D eigenvalue weighted by Crippen LogP contribution is -2.36. The molecule has 224 valence electrons. The van der Waals surface area contributed by atoms with E-state index in [1.165, 1.54) is 49.4 Å². The minimum atomic E-state index is -0.541. The maximum Gasteiger partial charge on any atom is 0.213 e. The molecule has 2 aromatic heterocycles. The number of carbonyl (C=O) groups is 1. The molecule has 3 aromatic rings. The number of aromatic nitrogens is 2. The Morgan fingerprint density at radius 3 is 2.62 bits per heavy atom. The van der Waals surface area contributed by atoms with Crippen molar-refractivity contribution in [1.82, 2.24) is 9.97 Å². The molecule has 3 atom stereocenters. The standard InChI is InChI=1S/C36H46FN3O2/c1-5-42-33-20-18-32(19-21-33)40(25-29-12-10-22-38-24-29)31-14-8-7-13-30(16-17-31)26(2)11-6-9-15-34(41)36-27(3)23-35(37)39-28(36)4/h9-10,12,15,18-24,26,30-31H,5-8,11,13-14,16-17,25H2,1-4H3/b15-9+/t26-,30?,31?/m1/s1. The van der Waals surface area contributed by atoms with E-state index in [2.05, 4.69) is 52.1 Å². The van der Waals surface area contributed by atoms with E-state index in [-0.39, 0.29) is 5.78 Å². The van der Waals surface area contributed by atoms with Gasteiger partial charge in [-0.05, 0) is 118 Å². The number of carbonyl (C=O) groups excluding carboxylic acids is 1. The molecular weight excluding hydrogens is 525 g/mol. The van der Waals surface area contributed by atoms with Gasteiger partial charge in [0.05, 0.1) is 12.3 Å². The average Bonchev–Trinajstić information content (AvgIpc) is 2.95. The summed E-state index contributed by atoms with van der Waals surface area (Å²) in [6.07, 6.45) is 16.6. The third-order valence-electron chi connectivity index (χ3n) is 8.70. The monoisotopic (exact) mass is 571 g/mol. The molecule has 1 aromatic carbocycles. The van der Waals surface area contributed by atoms with Gasteiger partial charge >= 0.3 is 0 Å². The fourth-order valence-electron chi connectivity index (χ4n) is 6.41. The highest BCUT2D eigenvalue weighted by Gasteiger charge is 2.26. The van der Waals surface area contributed by atoms with Crippen LogP contribution in [0.5, 0.6) is 5.75 Å². The van der Waals surface area contributed by atoms with Gasteiger partial charge in [-0.1, -0.05) is 38.3 Å². The van der Waals surface area contributed by atoms with Crippen LogP contribution in [0.2, 0.25) is 0 Å². The number of aryl methyl sites for hydroxylation is 2. The Labute approximate surface area is 251 Å². The van der Waals surface area contributed by atoms with Gasteiger partial charge in [0.1, 0.15) is 5.75 Å². The molecule has 1 aliphatic rings. The molecule has 4 rings (SSSR count). The summed E-state index contributed by atoms with van der Waals surface area (Å²) in [6.45, 7) is 9.34. The Hall–Kier alpha value is -3.54. The maximum absolute atomic E-state index is 13.5. The normalized spacial score (nSPS) is 18.3. The number of ketones is 1. The highest BCUT2D eigenvalue weighted by molar-refractivity contribution is 6.06. The second-order valence-electron chi connectivity index (χ2n) is 11.7. The highest BCUT2D eigenvalue weighted by Crippen LogP contribution is 2.34. The molecule has 0 saturated heterocycles. The minimum Gasteiger partial charge on any atom is -0.494 e. The lowest BCUT2D eigenvalue weighted by Gasteiger charge is -2.37. The van der Waals surface area contributed by atoms with Crippen molar-refractivity contribution in [1.29, 1.82) is 0 Å². The van der Waals surface area contributed by atoms with Crippen LogP contribution in [0.3, 0.4) is 0 Å². The predicted octanol–water partition coefficient (Wildman–Crippen LogP) is 8.83. The van der Waals surface area contributed by atoms with Crippen molar-refractivity contribution in [2.45, 2.75) is 91.6 Å². The Morgan fingerprint density at radius 2 is 1.90 bits per heavy atom. The summed E-state index contributed by atoms with van der Waals surface area (Å²) in [7, 11) is 0. The molecule has 0 aliphatic heterocycles. The van der Waals surface area contributed by atoms with Crippen LogP contribution in [-0.2, 0) is 6.54 Å². The molecule has 0 N–H and O–H groups in total. The molecule has 0 amide bonds. The third kappa shape index (κ3) is 8.73. The Kier molecular flexibility index (Phi) is 11.7. The summed E-state index contributed by atoms with van der Waals surface area (Å²) < 4.78 is 19.2. The number of nitrogens with zero attached hydrogens (tertiary/aromatic N) is 3. The zero-order valence-electron chi connectivity index (χ0n) is 25.7. The first kappa shape index (κ1) is 31.4. The largest absolute Gasteiger partial charge is 0.494 e. The van der Waals surface area contributed by atoms with Crippen molar-refractivity contribution in [3.63, 3.8) is 0 Å². The second kappa shape index (κ2) is 15.6.